The maximum absolute atomic E-state index is 11.1. The molecule has 6 nitrogen and oxygen atoms in total. The Morgan fingerprint density at radius 2 is 2.25 bits per heavy atom. The van der Waals surface area contributed by atoms with Crippen LogP contribution in [0.2, 0.25) is 0 Å². The minimum Gasteiger partial charge on any atom is -0.390 e. The molecule has 2 rings (SSSR count). The normalized spacial score (nSPS) is 19.8. The van der Waals surface area contributed by atoms with Crippen LogP contribution in [0.15, 0.2) is 12.4 Å². The molecule has 6 heteroatoms. The Kier molecular flexibility index (Phi) is 2.80. The number of ether oxygens (including phenoxy) is 1. The Morgan fingerprint density at radius 1 is 1.44 bits per heavy atom. The number of carbonyl (C=O) groups excluding carboxylic acids is 2. The number of hydrogen-bond acceptors (Lipinski definition) is 5. The first-order valence-electron chi connectivity index (χ1n) is 4.96. The van der Waals surface area contributed by atoms with Crippen LogP contribution in [0, 0.1) is 0 Å². The number of carbonyl (C=O) groups is 2. The Labute approximate surface area is 91.8 Å². The molecule has 0 bridgehead atoms. The first kappa shape index (κ1) is 10.5. The second-order valence-corrected chi connectivity index (χ2v) is 3.68. The van der Waals surface area contributed by atoms with Gasteiger partial charge in [0, 0.05) is 18.8 Å². The van der Waals surface area contributed by atoms with Crippen LogP contribution in [0.1, 0.15) is 30.9 Å². The minimum absolute atomic E-state index is 0.0700. The number of nitrogens with zero attached hydrogens (tertiary/aromatic N) is 2. The monoisotopic (exact) mass is 221 g/mol. The molecule has 0 aliphatic heterocycles. The molecule has 1 amide bonds. The number of hydrogen-bond donors (Lipinski definition) is 1. The Morgan fingerprint density at radius 3 is 2.75 bits per heavy atom. The van der Waals surface area contributed by atoms with Crippen LogP contribution < -0.4 is 10.5 Å². The molecule has 1 aliphatic carbocycles. The van der Waals surface area contributed by atoms with Gasteiger partial charge in [-0.3, -0.25) is 9.78 Å². The smallest absolute Gasteiger partial charge is 0.390 e. The summed E-state index contributed by atoms with van der Waals surface area (Å²) in [6, 6.07) is 0. The van der Waals surface area contributed by atoms with Crippen molar-refractivity contribution in [2.75, 3.05) is 0 Å². The molecule has 1 unspecified atom stereocenters. The van der Waals surface area contributed by atoms with Crippen molar-refractivity contribution in [2.24, 2.45) is 5.73 Å². The number of rotatable bonds is 2. The van der Waals surface area contributed by atoms with Crippen molar-refractivity contribution in [3.05, 3.63) is 18.1 Å². The predicted molar refractivity (Wildman–Crippen MR) is 53.8 cm³/mol. The third-order valence-corrected chi connectivity index (χ3v) is 2.52. The molecule has 1 aliphatic rings. The van der Waals surface area contributed by atoms with Crippen molar-refractivity contribution in [2.45, 2.75) is 25.2 Å². The van der Waals surface area contributed by atoms with Crippen molar-refractivity contribution >= 4 is 11.9 Å². The van der Waals surface area contributed by atoms with Gasteiger partial charge in [0.1, 0.15) is 5.78 Å². The van der Waals surface area contributed by atoms with E-state index in [-0.39, 0.29) is 17.6 Å². The predicted octanol–water partition coefficient (Wildman–Crippen LogP) is 0.771. The molecule has 1 heterocycles. The summed E-state index contributed by atoms with van der Waals surface area (Å²) >= 11 is 0. The average molecular weight is 221 g/mol. The van der Waals surface area contributed by atoms with Crippen molar-refractivity contribution < 1.29 is 14.3 Å². The molecule has 2 N–H and O–H groups in total. The Bertz CT molecular complexity index is 416. The fraction of sp³-hybridized carbons (Fsp3) is 0.400. The second kappa shape index (κ2) is 4.26. The number of amides is 1. The molecule has 1 aromatic heterocycles. The number of ketones is 1. The molecule has 84 valence electrons. The first-order valence-corrected chi connectivity index (χ1v) is 4.96. The van der Waals surface area contributed by atoms with Crippen LogP contribution in [-0.2, 0) is 4.79 Å². The summed E-state index contributed by atoms with van der Waals surface area (Å²) in [6.07, 6.45) is 3.86. The van der Waals surface area contributed by atoms with Gasteiger partial charge in [0.05, 0.1) is 18.1 Å². The van der Waals surface area contributed by atoms with Gasteiger partial charge in [0.15, 0.2) is 0 Å². The topological polar surface area (TPSA) is 95.2 Å². The highest BCUT2D eigenvalue weighted by Gasteiger charge is 2.24. The zero-order chi connectivity index (χ0) is 11.5. The van der Waals surface area contributed by atoms with Crippen LogP contribution in [0.5, 0.6) is 5.88 Å². The molecule has 1 fully saturated rings. The highest BCUT2D eigenvalue weighted by Crippen LogP contribution is 2.30. The van der Waals surface area contributed by atoms with Gasteiger partial charge in [0.2, 0.25) is 5.88 Å². The number of nitrogens with two attached hydrogens (primary N) is 1. The van der Waals surface area contributed by atoms with Gasteiger partial charge in [-0.1, -0.05) is 0 Å². The van der Waals surface area contributed by atoms with E-state index in [0.29, 0.717) is 12.8 Å². The highest BCUT2D eigenvalue weighted by molar-refractivity contribution is 5.81. The van der Waals surface area contributed by atoms with Gasteiger partial charge in [-0.15, -0.1) is 0 Å². The molecule has 1 aromatic rings. The lowest BCUT2D eigenvalue weighted by Gasteiger charge is -2.06. The lowest BCUT2D eigenvalue weighted by molar-refractivity contribution is -0.117. The summed E-state index contributed by atoms with van der Waals surface area (Å²) in [5.41, 5.74) is 5.58. The quantitative estimate of drug-likeness (QED) is 0.795. The first-order chi connectivity index (χ1) is 7.65. The SMILES string of the molecule is NC(=O)Oc1cnc(C2CCC(=O)C2)cn1. The van der Waals surface area contributed by atoms with Crippen LogP contribution in [0.25, 0.3) is 0 Å². The van der Waals surface area contributed by atoms with Crippen LogP contribution in [-0.4, -0.2) is 21.8 Å². The number of aromatic nitrogens is 2. The van der Waals surface area contributed by atoms with Crippen molar-refractivity contribution in [3.8, 4) is 5.88 Å². The summed E-state index contributed by atoms with van der Waals surface area (Å²) in [4.78, 5) is 29.5. The maximum atomic E-state index is 11.1. The highest BCUT2D eigenvalue weighted by atomic mass is 16.6. The van der Waals surface area contributed by atoms with Gasteiger partial charge in [-0.25, -0.2) is 9.78 Å². The number of Topliss-reactive ketones (excluding diaryl/α,β-unsaturated/α-hetero) is 1. The van der Waals surface area contributed by atoms with Crippen LogP contribution in [0.4, 0.5) is 4.79 Å². The van der Waals surface area contributed by atoms with Gasteiger partial charge in [0.25, 0.3) is 0 Å². The largest absolute Gasteiger partial charge is 0.411 e. The van der Waals surface area contributed by atoms with E-state index in [4.69, 9.17) is 5.73 Å². The van der Waals surface area contributed by atoms with E-state index in [1.54, 1.807) is 0 Å². The van der Waals surface area contributed by atoms with E-state index in [9.17, 15) is 9.59 Å². The standard InChI is InChI=1S/C10H11N3O3/c11-10(15)16-9-5-12-8(4-13-9)6-1-2-7(14)3-6/h4-6H,1-3H2,(H2,11,15). The van der Waals surface area contributed by atoms with Gasteiger partial charge < -0.3 is 10.5 Å². The van der Waals surface area contributed by atoms with E-state index >= 15 is 0 Å². The van der Waals surface area contributed by atoms with Crippen LogP contribution in [0.3, 0.4) is 0 Å². The Hall–Kier alpha value is -1.98. The van der Waals surface area contributed by atoms with Crippen LogP contribution >= 0.6 is 0 Å². The van der Waals surface area contributed by atoms with E-state index in [0.717, 1.165) is 12.1 Å². The summed E-state index contributed by atoms with van der Waals surface area (Å²) in [5, 5.41) is 0. The molecule has 0 spiro atoms. The zero-order valence-corrected chi connectivity index (χ0v) is 8.55. The van der Waals surface area contributed by atoms with Crippen molar-refractivity contribution in [3.63, 3.8) is 0 Å². The van der Waals surface area contributed by atoms with E-state index in [2.05, 4.69) is 14.7 Å². The molecule has 0 radical (unpaired) electrons. The Balaban J connectivity index is 2.07. The van der Waals surface area contributed by atoms with Crippen molar-refractivity contribution in [1.29, 1.82) is 0 Å². The van der Waals surface area contributed by atoms with E-state index < -0.39 is 6.09 Å². The maximum Gasteiger partial charge on any atom is 0.411 e. The molecule has 16 heavy (non-hydrogen) atoms. The van der Waals surface area contributed by atoms with Gasteiger partial charge >= 0.3 is 6.09 Å². The lowest BCUT2D eigenvalue weighted by atomic mass is 10.1. The summed E-state index contributed by atoms with van der Waals surface area (Å²) in [5.74, 6) is 0.465. The third-order valence-electron chi connectivity index (χ3n) is 2.52. The zero-order valence-electron chi connectivity index (χ0n) is 8.55. The van der Waals surface area contributed by atoms with Gasteiger partial charge in [-0.2, -0.15) is 0 Å². The van der Waals surface area contributed by atoms with Gasteiger partial charge in [-0.05, 0) is 6.42 Å². The lowest BCUT2D eigenvalue weighted by Crippen LogP contribution is -2.17. The van der Waals surface area contributed by atoms with Crippen molar-refractivity contribution in [1.82, 2.24) is 9.97 Å². The number of primary amides is 1. The minimum atomic E-state index is -0.918. The van der Waals surface area contributed by atoms with E-state index in [1.807, 2.05) is 0 Å². The summed E-state index contributed by atoms with van der Waals surface area (Å²) < 4.78 is 4.55. The summed E-state index contributed by atoms with van der Waals surface area (Å²) in [7, 11) is 0. The molecular formula is C10H11N3O3. The van der Waals surface area contributed by atoms with E-state index in [1.165, 1.54) is 12.4 Å². The summed E-state index contributed by atoms with van der Waals surface area (Å²) in [6.45, 7) is 0. The molecule has 1 atom stereocenters. The fourth-order valence-electron chi connectivity index (χ4n) is 1.76. The molecule has 0 aromatic carbocycles. The third kappa shape index (κ3) is 2.33. The average Bonchev–Trinajstić information content (AvgIpc) is 2.65. The molecular weight excluding hydrogens is 210 g/mol. The second-order valence-electron chi connectivity index (χ2n) is 3.68. The fourth-order valence-corrected chi connectivity index (χ4v) is 1.76. The molecule has 1 saturated carbocycles. The molecule has 0 saturated heterocycles.